The zero-order valence-corrected chi connectivity index (χ0v) is 26.3. The summed E-state index contributed by atoms with van der Waals surface area (Å²) >= 11 is 0. The number of benzene rings is 3. The number of carbonyl (C=O) groups is 2. The number of amides is 2. The Morgan fingerprint density at radius 3 is 2.21 bits per heavy atom. The summed E-state index contributed by atoms with van der Waals surface area (Å²) < 4.78 is 40.0. The highest BCUT2D eigenvalue weighted by Gasteiger charge is 2.33. The van der Waals surface area contributed by atoms with E-state index in [1.165, 1.54) is 37.3 Å². The van der Waals surface area contributed by atoms with E-state index in [-0.39, 0.29) is 29.1 Å². The fourth-order valence-corrected chi connectivity index (χ4v) is 6.73. The third-order valence-corrected chi connectivity index (χ3v) is 9.64. The molecule has 0 spiro atoms. The number of hydrogen-bond donors (Lipinski definition) is 1. The zero-order valence-electron chi connectivity index (χ0n) is 25.5. The number of carbonyl (C=O) groups excluding carboxylic acids is 2. The van der Waals surface area contributed by atoms with Crippen LogP contribution in [0.15, 0.2) is 71.6 Å². The quantitative estimate of drug-likeness (QED) is 0.311. The molecule has 2 amide bonds. The predicted molar refractivity (Wildman–Crippen MR) is 167 cm³/mol. The van der Waals surface area contributed by atoms with E-state index in [9.17, 15) is 18.0 Å². The van der Waals surface area contributed by atoms with Crippen molar-refractivity contribution in [2.75, 3.05) is 25.1 Å². The highest BCUT2D eigenvalue weighted by atomic mass is 32.2. The van der Waals surface area contributed by atoms with Crippen molar-refractivity contribution in [3.05, 3.63) is 83.4 Å². The molecule has 0 heterocycles. The van der Waals surface area contributed by atoms with Crippen molar-refractivity contribution in [3.63, 3.8) is 0 Å². The SMILES string of the molecule is COc1ccc(N(CC(=O)N(Cc2cccc(C)c2)C(C)C(=O)NC2CCCC2)S(=O)(=O)c2ccc(C)cc2)cc1OC. The van der Waals surface area contributed by atoms with Crippen molar-refractivity contribution in [3.8, 4) is 11.5 Å². The van der Waals surface area contributed by atoms with E-state index >= 15 is 0 Å². The summed E-state index contributed by atoms with van der Waals surface area (Å²) in [6, 6.07) is 18.1. The first-order valence-corrected chi connectivity index (χ1v) is 15.9. The van der Waals surface area contributed by atoms with Gasteiger partial charge in [-0.05, 0) is 63.4 Å². The standard InChI is InChI=1S/C33H41N3O6S/c1-23-13-16-29(17-14-23)43(39,40)36(28-15-18-30(41-4)31(20-28)42-5)22-32(37)35(21-26-10-8-9-24(2)19-26)25(3)33(38)34-27-11-6-7-12-27/h8-10,13-20,25,27H,6-7,11-12,21-22H2,1-5H3,(H,34,38). The molecule has 0 aromatic heterocycles. The molecule has 1 N–H and O–H groups in total. The summed E-state index contributed by atoms with van der Waals surface area (Å²) in [5.74, 6) is -0.0333. The van der Waals surface area contributed by atoms with Crippen LogP contribution >= 0.6 is 0 Å². The Labute approximate surface area is 254 Å². The molecule has 1 aliphatic carbocycles. The molecule has 1 saturated carbocycles. The second kappa shape index (κ2) is 13.9. The summed E-state index contributed by atoms with van der Waals surface area (Å²) in [6.45, 7) is 5.13. The van der Waals surface area contributed by atoms with Crippen LogP contribution in [0, 0.1) is 13.8 Å². The number of ether oxygens (including phenoxy) is 2. The minimum atomic E-state index is -4.20. The number of rotatable bonds is 12. The van der Waals surface area contributed by atoms with Crippen molar-refractivity contribution >= 4 is 27.5 Å². The highest BCUT2D eigenvalue weighted by molar-refractivity contribution is 7.92. The maximum Gasteiger partial charge on any atom is 0.264 e. The van der Waals surface area contributed by atoms with E-state index in [0.717, 1.165) is 46.7 Å². The average Bonchev–Trinajstić information content (AvgIpc) is 3.51. The van der Waals surface area contributed by atoms with Gasteiger partial charge in [0.15, 0.2) is 11.5 Å². The monoisotopic (exact) mass is 607 g/mol. The maximum absolute atomic E-state index is 14.2. The molecule has 43 heavy (non-hydrogen) atoms. The van der Waals surface area contributed by atoms with Gasteiger partial charge >= 0.3 is 0 Å². The average molecular weight is 608 g/mol. The molecule has 0 bridgehead atoms. The largest absolute Gasteiger partial charge is 0.493 e. The first-order chi connectivity index (χ1) is 20.5. The molecule has 1 aliphatic rings. The third-order valence-electron chi connectivity index (χ3n) is 7.85. The van der Waals surface area contributed by atoms with E-state index < -0.39 is 28.5 Å². The lowest BCUT2D eigenvalue weighted by atomic mass is 10.1. The van der Waals surface area contributed by atoms with Gasteiger partial charge in [-0.25, -0.2) is 8.42 Å². The summed E-state index contributed by atoms with van der Waals surface area (Å²) in [5, 5.41) is 3.09. The van der Waals surface area contributed by atoms with Crippen LogP contribution in [0.1, 0.15) is 49.3 Å². The van der Waals surface area contributed by atoms with Crippen LogP contribution in [-0.4, -0.2) is 58.0 Å². The van der Waals surface area contributed by atoms with Crippen LogP contribution in [0.3, 0.4) is 0 Å². The lowest BCUT2D eigenvalue weighted by Crippen LogP contribution is -2.52. The molecule has 1 fully saturated rings. The van der Waals surface area contributed by atoms with Crippen LogP contribution in [0.25, 0.3) is 0 Å². The summed E-state index contributed by atoms with van der Waals surface area (Å²) in [6.07, 6.45) is 3.93. The van der Waals surface area contributed by atoms with Gasteiger partial charge in [-0.1, -0.05) is 60.4 Å². The maximum atomic E-state index is 14.2. The minimum absolute atomic E-state index is 0.0398. The number of nitrogens with one attached hydrogen (secondary N) is 1. The Morgan fingerprint density at radius 2 is 1.58 bits per heavy atom. The molecule has 1 unspecified atom stereocenters. The van der Waals surface area contributed by atoms with Gasteiger partial charge in [0.1, 0.15) is 12.6 Å². The summed E-state index contributed by atoms with van der Waals surface area (Å²) in [5.41, 5.74) is 2.99. The lowest BCUT2D eigenvalue weighted by Gasteiger charge is -2.32. The van der Waals surface area contributed by atoms with E-state index in [1.807, 2.05) is 38.1 Å². The van der Waals surface area contributed by atoms with E-state index in [2.05, 4.69) is 5.32 Å². The molecule has 9 nitrogen and oxygen atoms in total. The normalized spacial score (nSPS) is 14.2. The van der Waals surface area contributed by atoms with Crippen LogP contribution in [-0.2, 0) is 26.2 Å². The van der Waals surface area contributed by atoms with Crippen molar-refractivity contribution in [1.82, 2.24) is 10.2 Å². The number of sulfonamides is 1. The van der Waals surface area contributed by atoms with Gasteiger partial charge in [0, 0.05) is 18.7 Å². The van der Waals surface area contributed by atoms with Crippen molar-refractivity contribution in [1.29, 1.82) is 0 Å². The van der Waals surface area contributed by atoms with Crippen LogP contribution < -0.4 is 19.1 Å². The van der Waals surface area contributed by atoms with Gasteiger partial charge in [0.2, 0.25) is 11.8 Å². The molecule has 3 aromatic carbocycles. The van der Waals surface area contributed by atoms with Crippen LogP contribution in [0.4, 0.5) is 5.69 Å². The zero-order chi connectivity index (χ0) is 31.1. The third kappa shape index (κ3) is 7.67. The van der Waals surface area contributed by atoms with Crippen molar-refractivity contribution in [2.45, 2.75) is 70.0 Å². The second-order valence-corrected chi connectivity index (χ2v) is 12.9. The second-order valence-electron chi connectivity index (χ2n) is 11.0. The van der Waals surface area contributed by atoms with Crippen molar-refractivity contribution in [2.24, 2.45) is 0 Å². The molecular weight excluding hydrogens is 566 g/mol. The van der Waals surface area contributed by atoms with E-state index in [1.54, 1.807) is 31.2 Å². The lowest BCUT2D eigenvalue weighted by molar-refractivity contribution is -0.139. The van der Waals surface area contributed by atoms with E-state index in [4.69, 9.17) is 9.47 Å². The van der Waals surface area contributed by atoms with Gasteiger partial charge in [0.25, 0.3) is 10.0 Å². The molecule has 1 atom stereocenters. The first kappa shape index (κ1) is 31.9. The van der Waals surface area contributed by atoms with Crippen LogP contribution in [0.2, 0.25) is 0 Å². The summed E-state index contributed by atoms with van der Waals surface area (Å²) in [4.78, 5) is 29.1. The first-order valence-electron chi connectivity index (χ1n) is 14.5. The molecule has 0 radical (unpaired) electrons. The minimum Gasteiger partial charge on any atom is -0.493 e. The van der Waals surface area contributed by atoms with Gasteiger partial charge in [-0.3, -0.25) is 13.9 Å². The molecule has 0 saturated heterocycles. The Balaban J connectivity index is 1.73. The van der Waals surface area contributed by atoms with Gasteiger partial charge in [-0.15, -0.1) is 0 Å². The topological polar surface area (TPSA) is 105 Å². The highest BCUT2D eigenvalue weighted by Crippen LogP contribution is 2.34. The fraction of sp³-hybridized carbons (Fsp3) is 0.394. The Kier molecular flexibility index (Phi) is 10.3. The van der Waals surface area contributed by atoms with Crippen molar-refractivity contribution < 1.29 is 27.5 Å². The number of anilines is 1. The molecular formula is C33H41N3O6S. The van der Waals surface area contributed by atoms with Gasteiger partial charge in [0.05, 0.1) is 24.8 Å². The smallest absolute Gasteiger partial charge is 0.264 e. The Bertz CT molecular complexity index is 1530. The molecule has 10 heteroatoms. The number of nitrogens with zero attached hydrogens (tertiary/aromatic N) is 2. The predicted octanol–water partition coefficient (Wildman–Crippen LogP) is 4.99. The van der Waals surface area contributed by atoms with Crippen LogP contribution in [0.5, 0.6) is 11.5 Å². The van der Waals surface area contributed by atoms with Gasteiger partial charge < -0.3 is 19.7 Å². The number of hydrogen-bond acceptors (Lipinski definition) is 6. The Morgan fingerprint density at radius 1 is 0.907 bits per heavy atom. The fourth-order valence-electron chi connectivity index (χ4n) is 5.33. The van der Waals surface area contributed by atoms with E-state index in [0.29, 0.717) is 11.5 Å². The molecule has 230 valence electrons. The Hall–Kier alpha value is -4.05. The molecule has 0 aliphatic heterocycles. The van der Waals surface area contributed by atoms with Gasteiger partial charge in [-0.2, -0.15) is 0 Å². The molecule has 3 aromatic rings. The summed E-state index contributed by atoms with van der Waals surface area (Å²) in [7, 11) is -1.25. The number of aryl methyl sites for hydroxylation is 2. The molecule has 4 rings (SSSR count). The number of methoxy groups -OCH3 is 2.